The Kier molecular flexibility index (Phi) is 2.86. The Morgan fingerprint density at radius 2 is 1.70 bits per heavy atom. The molecule has 2 nitrogen and oxygen atoms in total. The minimum absolute atomic E-state index is 0.149. The van der Waals surface area contributed by atoms with Crippen LogP contribution in [-0.2, 0) is 9.53 Å². The minimum atomic E-state index is -5.27. The summed E-state index contributed by atoms with van der Waals surface area (Å²) in [6, 6.07) is 0. The molecule has 6 atom stereocenters. The predicted molar refractivity (Wildman–Crippen MR) is 69.6 cm³/mol. The fraction of sp³-hybridized carbons (Fsp3) is 0.938. The number of hydrogen-bond donors (Lipinski definition) is 0. The van der Waals surface area contributed by atoms with Gasteiger partial charge in [-0.3, -0.25) is 4.79 Å². The second kappa shape index (κ2) is 4.20. The average molecular weight is 338 g/mol. The van der Waals surface area contributed by atoms with Gasteiger partial charge in [0.25, 0.3) is 12.0 Å². The third kappa shape index (κ3) is 1.88. The third-order valence-corrected chi connectivity index (χ3v) is 6.93. The van der Waals surface area contributed by atoms with Gasteiger partial charge in [0.2, 0.25) is 0 Å². The Morgan fingerprint density at radius 3 is 2.30 bits per heavy atom. The first-order chi connectivity index (χ1) is 10.5. The largest absolute Gasteiger partial charge is 0.446 e. The van der Waals surface area contributed by atoms with Crippen LogP contribution in [-0.4, -0.2) is 24.2 Å². The van der Waals surface area contributed by atoms with Crippen LogP contribution in [0.1, 0.15) is 45.4 Å². The van der Waals surface area contributed by atoms with Crippen molar-refractivity contribution >= 4 is 5.97 Å². The Bertz CT molecular complexity index is 534. The zero-order valence-corrected chi connectivity index (χ0v) is 12.8. The second-order valence-corrected chi connectivity index (χ2v) is 8.24. The zero-order chi connectivity index (χ0) is 16.8. The Balaban J connectivity index is 1.61. The third-order valence-electron chi connectivity index (χ3n) is 6.93. The maximum absolute atomic E-state index is 13.3. The number of rotatable bonds is 3. The molecule has 0 N–H and O–H groups in total. The van der Waals surface area contributed by atoms with Gasteiger partial charge in [0.1, 0.15) is 0 Å². The van der Waals surface area contributed by atoms with Crippen LogP contribution in [0.15, 0.2) is 0 Å². The number of ether oxygens (including phenoxy) is 1. The van der Waals surface area contributed by atoms with Crippen molar-refractivity contribution in [2.45, 2.75) is 63.7 Å². The van der Waals surface area contributed by atoms with Crippen LogP contribution in [0, 0.1) is 28.6 Å². The van der Waals surface area contributed by atoms with Crippen molar-refractivity contribution in [1.29, 1.82) is 0 Å². The van der Waals surface area contributed by atoms with Crippen molar-refractivity contribution in [3.63, 3.8) is 0 Å². The standard InChI is InChI=1S/C16H19F5O2/c1-13(17,18)11(16(19,20)21)23-12(22)15-6-9-2-8-3-10(7-15)14(15,4-8)5-9/h8-11H,2-7H2,1H3. The molecule has 6 unspecified atom stereocenters. The quantitative estimate of drug-likeness (QED) is 0.565. The summed E-state index contributed by atoms with van der Waals surface area (Å²) in [5, 5.41) is 0. The number of esters is 1. The smallest absolute Gasteiger partial charge is 0.431 e. The molecule has 0 saturated heterocycles. The maximum Gasteiger partial charge on any atom is 0.431 e. The van der Waals surface area contributed by atoms with E-state index in [1.165, 1.54) is 0 Å². The number of alkyl halides is 5. The number of hydrogen-bond acceptors (Lipinski definition) is 2. The van der Waals surface area contributed by atoms with Crippen LogP contribution in [0.25, 0.3) is 0 Å². The van der Waals surface area contributed by atoms with Gasteiger partial charge >= 0.3 is 12.1 Å². The maximum atomic E-state index is 13.3. The Labute approximate surface area is 130 Å². The van der Waals surface area contributed by atoms with Crippen molar-refractivity contribution in [2.24, 2.45) is 28.6 Å². The number of carbonyl (C=O) groups is 1. The van der Waals surface area contributed by atoms with Gasteiger partial charge < -0.3 is 4.74 Å². The lowest BCUT2D eigenvalue weighted by Gasteiger charge is -2.57. The van der Waals surface area contributed by atoms with Crippen molar-refractivity contribution in [3.8, 4) is 0 Å². The summed E-state index contributed by atoms with van der Waals surface area (Å²) < 4.78 is 69.8. The minimum Gasteiger partial charge on any atom is -0.446 e. The van der Waals surface area contributed by atoms with E-state index in [1.54, 1.807) is 0 Å². The molecule has 1 spiro atoms. The van der Waals surface area contributed by atoms with Crippen LogP contribution in [0.5, 0.6) is 0 Å². The second-order valence-electron chi connectivity index (χ2n) is 8.24. The summed E-state index contributed by atoms with van der Waals surface area (Å²) in [5.74, 6) is -3.94. The van der Waals surface area contributed by atoms with Gasteiger partial charge in [0.15, 0.2) is 0 Å². The molecule has 23 heavy (non-hydrogen) atoms. The van der Waals surface area contributed by atoms with Gasteiger partial charge in [-0.2, -0.15) is 13.2 Å². The fourth-order valence-electron chi connectivity index (χ4n) is 6.43. The molecule has 4 saturated carbocycles. The molecule has 0 radical (unpaired) electrons. The van der Waals surface area contributed by atoms with E-state index in [-0.39, 0.29) is 12.3 Å². The molecule has 0 aromatic rings. The summed E-state index contributed by atoms with van der Waals surface area (Å²) in [4.78, 5) is 12.6. The lowest BCUT2D eigenvalue weighted by atomic mass is 9.46. The predicted octanol–water partition coefficient (Wildman–Crippen LogP) is 4.33. The molecule has 0 heterocycles. The van der Waals surface area contributed by atoms with E-state index in [9.17, 15) is 26.7 Å². The number of halogens is 5. The first-order valence-electron chi connectivity index (χ1n) is 8.14. The van der Waals surface area contributed by atoms with Gasteiger partial charge in [-0.15, -0.1) is 0 Å². The van der Waals surface area contributed by atoms with Crippen molar-refractivity contribution < 1.29 is 31.5 Å². The summed E-state index contributed by atoms with van der Waals surface area (Å²) in [5.41, 5.74) is -1.21. The van der Waals surface area contributed by atoms with E-state index in [1.807, 2.05) is 0 Å². The molecule has 7 heteroatoms. The van der Waals surface area contributed by atoms with Gasteiger partial charge in [-0.05, 0) is 61.7 Å². The first-order valence-corrected chi connectivity index (χ1v) is 8.14. The monoisotopic (exact) mass is 338 g/mol. The zero-order valence-electron chi connectivity index (χ0n) is 12.8. The molecular weight excluding hydrogens is 319 g/mol. The summed E-state index contributed by atoms with van der Waals surface area (Å²) in [7, 11) is 0. The van der Waals surface area contributed by atoms with E-state index >= 15 is 0 Å². The van der Waals surface area contributed by atoms with Crippen LogP contribution in [0.4, 0.5) is 22.0 Å². The average Bonchev–Trinajstić information content (AvgIpc) is 2.69. The van der Waals surface area contributed by atoms with E-state index in [0.29, 0.717) is 30.6 Å². The molecule has 0 aromatic heterocycles. The molecule has 3 bridgehead atoms. The lowest BCUT2D eigenvalue weighted by molar-refractivity contribution is -0.282. The molecule has 4 aliphatic carbocycles. The molecular formula is C16H19F5O2. The lowest BCUT2D eigenvalue weighted by Crippen LogP contribution is -2.59. The van der Waals surface area contributed by atoms with Crippen LogP contribution >= 0.6 is 0 Å². The summed E-state index contributed by atoms with van der Waals surface area (Å²) in [6.45, 7) is 0.149. The van der Waals surface area contributed by atoms with Crippen LogP contribution in [0.3, 0.4) is 0 Å². The van der Waals surface area contributed by atoms with Gasteiger partial charge in [0.05, 0.1) is 5.41 Å². The molecule has 4 rings (SSSR count). The Hall–Kier alpha value is -0.880. The number of fused-ring (bicyclic) bond motifs is 2. The van der Waals surface area contributed by atoms with Crippen LogP contribution < -0.4 is 0 Å². The highest BCUT2D eigenvalue weighted by molar-refractivity contribution is 5.81. The highest BCUT2D eigenvalue weighted by Crippen LogP contribution is 2.81. The van der Waals surface area contributed by atoms with Crippen molar-refractivity contribution in [2.75, 3.05) is 0 Å². The molecule has 0 amide bonds. The summed E-state index contributed by atoms with van der Waals surface area (Å²) >= 11 is 0. The highest BCUT2D eigenvalue weighted by atomic mass is 19.4. The first kappa shape index (κ1) is 15.6. The SMILES string of the molecule is CC(F)(F)C(OC(=O)C12CC3CC4CC(C1)C2(C4)C3)C(F)(F)F. The van der Waals surface area contributed by atoms with Gasteiger partial charge in [-0.25, -0.2) is 8.78 Å². The molecule has 4 fully saturated rings. The van der Waals surface area contributed by atoms with E-state index < -0.39 is 29.6 Å². The van der Waals surface area contributed by atoms with Crippen molar-refractivity contribution in [3.05, 3.63) is 0 Å². The molecule has 0 aromatic carbocycles. The van der Waals surface area contributed by atoms with Gasteiger partial charge in [0, 0.05) is 6.92 Å². The topological polar surface area (TPSA) is 26.3 Å². The summed E-state index contributed by atoms with van der Waals surface area (Å²) in [6.07, 6.45) is -3.86. The van der Waals surface area contributed by atoms with E-state index in [4.69, 9.17) is 0 Å². The van der Waals surface area contributed by atoms with E-state index in [0.717, 1.165) is 25.7 Å². The molecule has 0 aliphatic heterocycles. The normalized spacial score (nSPS) is 45.6. The highest BCUT2D eigenvalue weighted by Gasteiger charge is 2.78. The van der Waals surface area contributed by atoms with Gasteiger partial charge in [-0.1, -0.05) is 0 Å². The van der Waals surface area contributed by atoms with Crippen molar-refractivity contribution in [1.82, 2.24) is 0 Å². The molecule has 4 aliphatic rings. The fourth-order valence-corrected chi connectivity index (χ4v) is 6.43. The Morgan fingerprint density at radius 1 is 1.04 bits per heavy atom. The number of carbonyl (C=O) groups excluding carboxylic acids is 1. The van der Waals surface area contributed by atoms with Crippen LogP contribution in [0.2, 0.25) is 0 Å². The molecule has 130 valence electrons. The van der Waals surface area contributed by atoms with E-state index in [2.05, 4.69) is 4.74 Å².